The van der Waals surface area contributed by atoms with Gasteiger partial charge in [0, 0.05) is 12.1 Å². The van der Waals surface area contributed by atoms with Crippen molar-refractivity contribution < 1.29 is 19.9 Å². The SMILES string of the molecule is O=C(Nc1ccc([N+](=O)[O-])cc1Cl)c1cc(O)ccc1O. The van der Waals surface area contributed by atoms with Crippen molar-refractivity contribution in [1.29, 1.82) is 0 Å². The van der Waals surface area contributed by atoms with Gasteiger partial charge < -0.3 is 15.5 Å². The van der Waals surface area contributed by atoms with Gasteiger partial charge in [-0.15, -0.1) is 0 Å². The normalized spacial score (nSPS) is 10.1. The van der Waals surface area contributed by atoms with Crippen LogP contribution in [0.1, 0.15) is 10.4 Å². The van der Waals surface area contributed by atoms with Crippen molar-refractivity contribution in [1.82, 2.24) is 0 Å². The Hall–Kier alpha value is -2.80. The van der Waals surface area contributed by atoms with Gasteiger partial charge in [0.1, 0.15) is 11.5 Å². The van der Waals surface area contributed by atoms with Gasteiger partial charge in [-0.3, -0.25) is 14.9 Å². The molecule has 0 aromatic heterocycles. The van der Waals surface area contributed by atoms with Gasteiger partial charge in [0.2, 0.25) is 0 Å². The van der Waals surface area contributed by atoms with E-state index < -0.39 is 10.8 Å². The zero-order chi connectivity index (χ0) is 15.6. The lowest BCUT2D eigenvalue weighted by Gasteiger charge is -2.08. The summed E-state index contributed by atoms with van der Waals surface area (Å²) in [6.45, 7) is 0. The van der Waals surface area contributed by atoms with Crippen molar-refractivity contribution in [2.24, 2.45) is 0 Å². The second-order valence-electron chi connectivity index (χ2n) is 4.08. The van der Waals surface area contributed by atoms with Crippen LogP contribution in [0, 0.1) is 10.1 Å². The molecule has 0 aliphatic carbocycles. The molecule has 7 nitrogen and oxygen atoms in total. The van der Waals surface area contributed by atoms with Gasteiger partial charge in [0.05, 0.1) is 21.2 Å². The van der Waals surface area contributed by atoms with Gasteiger partial charge in [0.15, 0.2) is 0 Å². The molecule has 0 bridgehead atoms. The lowest BCUT2D eigenvalue weighted by atomic mass is 10.1. The fourth-order valence-electron chi connectivity index (χ4n) is 1.61. The number of nitro benzene ring substituents is 1. The molecule has 0 atom stereocenters. The summed E-state index contributed by atoms with van der Waals surface area (Å²) in [6.07, 6.45) is 0. The zero-order valence-corrected chi connectivity index (χ0v) is 11.2. The van der Waals surface area contributed by atoms with Crippen LogP contribution in [0.4, 0.5) is 11.4 Å². The van der Waals surface area contributed by atoms with Crippen molar-refractivity contribution in [2.75, 3.05) is 5.32 Å². The van der Waals surface area contributed by atoms with Gasteiger partial charge in [0.25, 0.3) is 11.6 Å². The second kappa shape index (κ2) is 5.68. The Morgan fingerprint density at radius 2 is 1.90 bits per heavy atom. The van der Waals surface area contributed by atoms with Crippen LogP contribution in [-0.4, -0.2) is 21.0 Å². The van der Waals surface area contributed by atoms with E-state index in [2.05, 4.69) is 5.32 Å². The zero-order valence-electron chi connectivity index (χ0n) is 10.4. The van der Waals surface area contributed by atoms with E-state index in [9.17, 15) is 25.1 Å². The van der Waals surface area contributed by atoms with Crippen molar-refractivity contribution in [3.05, 3.63) is 57.1 Å². The van der Waals surface area contributed by atoms with E-state index in [1.165, 1.54) is 24.3 Å². The van der Waals surface area contributed by atoms with Crippen LogP contribution < -0.4 is 5.32 Å². The number of hydrogen-bond donors (Lipinski definition) is 3. The van der Waals surface area contributed by atoms with E-state index in [1.807, 2.05) is 0 Å². The summed E-state index contributed by atoms with van der Waals surface area (Å²) < 4.78 is 0. The number of halogens is 1. The first-order valence-electron chi connectivity index (χ1n) is 5.66. The number of anilines is 1. The molecule has 2 rings (SSSR count). The monoisotopic (exact) mass is 308 g/mol. The lowest BCUT2D eigenvalue weighted by molar-refractivity contribution is -0.384. The predicted octanol–water partition coefficient (Wildman–Crippen LogP) is 2.91. The van der Waals surface area contributed by atoms with Gasteiger partial charge in [-0.25, -0.2) is 0 Å². The van der Waals surface area contributed by atoms with E-state index in [0.717, 1.165) is 12.1 Å². The smallest absolute Gasteiger partial charge is 0.271 e. The molecule has 0 aliphatic heterocycles. The molecule has 108 valence electrons. The first-order valence-corrected chi connectivity index (χ1v) is 6.03. The maximum atomic E-state index is 12.0. The molecule has 21 heavy (non-hydrogen) atoms. The predicted molar refractivity (Wildman–Crippen MR) is 75.8 cm³/mol. The van der Waals surface area contributed by atoms with E-state index >= 15 is 0 Å². The quantitative estimate of drug-likeness (QED) is 0.458. The van der Waals surface area contributed by atoms with Crippen LogP contribution in [-0.2, 0) is 0 Å². The Bertz CT molecular complexity index is 732. The number of rotatable bonds is 3. The van der Waals surface area contributed by atoms with E-state index in [1.54, 1.807) is 0 Å². The molecule has 1 amide bonds. The number of nitrogens with one attached hydrogen (secondary N) is 1. The largest absolute Gasteiger partial charge is 0.508 e. The number of carbonyl (C=O) groups excluding carboxylic acids is 1. The van der Waals surface area contributed by atoms with Crippen LogP contribution in [0.15, 0.2) is 36.4 Å². The van der Waals surface area contributed by atoms with Gasteiger partial charge in [-0.2, -0.15) is 0 Å². The third kappa shape index (κ3) is 3.21. The van der Waals surface area contributed by atoms with E-state index in [-0.39, 0.29) is 33.5 Å². The minimum atomic E-state index is -0.709. The number of non-ortho nitro benzene ring substituents is 1. The van der Waals surface area contributed by atoms with Gasteiger partial charge >= 0.3 is 0 Å². The molecule has 3 N–H and O–H groups in total. The number of nitro groups is 1. The standard InChI is InChI=1S/C13H9ClN2O5/c14-10-5-7(16(20)21)1-3-11(10)15-13(19)9-6-8(17)2-4-12(9)18/h1-6,17-18H,(H,15,19). The summed E-state index contributed by atoms with van der Waals surface area (Å²) in [5, 5.41) is 31.9. The molecule has 0 saturated heterocycles. The number of phenols is 2. The average molecular weight is 309 g/mol. The molecular weight excluding hydrogens is 300 g/mol. The number of carbonyl (C=O) groups is 1. The fraction of sp³-hybridized carbons (Fsp3) is 0. The summed E-state index contributed by atoms with van der Waals surface area (Å²) in [5.41, 5.74) is -0.211. The Balaban J connectivity index is 2.27. The maximum absolute atomic E-state index is 12.0. The summed E-state index contributed by atoms with van der Waals surface area (Å²) >= 11 is 5.85. The van der Waals surface area contributed by atoms with E-state index in [4.69, 9.17) is 11.6 Å². The topological polar surface area (TPSA) is 113 Å². The van der Waals surface area contributed by atoms with Crippen LogP contribution in [0.2, 0.25) is 5.02 Å². The molecule has 0 unspecified atom stereocenters. The van der Waals surface area contributed by atoms with Gasteiger partial charge in [-0.05, 0) is 24.3 Å². The maximum Gasteiger partial charge on any atom is 0.271 e. The number of benzene rings is 2. The molecule has 8 heteroatoms. The number of amides is 1. The minimum Gasteiger partial charge on any atom is -0.508 e. The van der Waals surface area contributed by atoms with E-state index in [0.29, 0.717) is 0 Å². The van der Waals surface area contributed by atoms with Crippen molar-refractivity contribution in [3.8, 4) is 11.5 Å². The van der Waals surface area contributed by atoms with Crippen LogP contribution in [0.25, 0.3) is 0 Å². The Morgan fingerprint density at radius 3 is 2.52 bits per heavy atom. The third-order valence-electron chi connectivity index (χ3n) is 2.64. The van der Waals surface area contributed by atoms with Crippen LogP contribution in [0.3, 0.4) is 0 Å². The summed E-state index contributed by atoms with van der Waals surface area (Å²) in [7, 11) is 0. The molecule has 0 heterocycles. The van der Waals surface area contributed by atoms with Crippen molar-refractivity contribution >= 4 is 28.9 Å². The Kier molecular flexibility index (Phi) is 3.95. The summed E-state index contributed by atoms with van der Waals surface area (Å²) in [6, 6.07) is 7.04. The fourth-order valence-corrected chi connectivity index (χ4v) is 1.84. The summed E-state index contributed by atoms with van der Waals surface area (Å²) in [4.78, 5) is 22.0. The highest BCUT2D eigenvalue weighted by Crippen LogP contribution is 2.28. The molecule has 0 spiro atoms. The number of aromatic hydroxyl groups is 2. The number of phenolic OH excluding ortho intramolecular Hbond substituents is 2. The molecule has 0 saturated carbocycles. The van der Waals surface area contributed by atoms with Crippen molar-refractivity contribution in [2.45, 2.75) is 0 Å². The number of hydrogen-bond acceptors (Lipinski definition) is 5. The summed E-state index contributed by atoms with van der Waals surface area (Å²) in [5.74, 6) is -1.21. The highest BCUT2D eigenvalue weighted by molar-refractivity contribution is 6.34. The van der Waals surface area contributed by atoms with Crippen LogP contribution in [0.5, 0.6) is 11.5 Å². The molecule has 2 aromatic carbocycles. The Labute approximate surface area is 123 Å². The molecular formula is C13H9ClN2O5. The van der Waals surface area contributed by atoms with Crippen LogP contribution >= 0.6 is 11.6 Å². The molecule has 2 aromatic rings. The lowest BCUT2D eigenvalue weighted by Crippen LogP contribution is -2.12. The third-order valence-corrected chi connectivity index (χ3v) is 2.95. The van der Waals surface area contributed by atoms with Crippen molar-refractivity contribution in [3.63, 3.8) is 0 Å². The van der Waals surface area contributed by atoms with Gasteiger partial charge in [-0.1, -0.05) is 11.6 Å². The first kappa shape index (κ1) is 14.6. The Morgan fingerprint density at radius 1 is 1.19 bits per heavy atom. The molecule has 0 fully saturated rings. The first-order chi connectivity index (χ1) is 9.88. The number of nitrogens with zero attached hydrogens (tertiary/aromatic N) is 1. The molecule has 0 aliphatic rings. The second-order valence-corrected chi connectivity index (χ2v) is 4.48. The average Bonchev–Trinajstić information content (AvgIpc) is 2.43. The minimum absolute atomic E-state index is 0.0165. The molecule has 0 radical (unpaired) electrons. The highest BCUT2D eigenvalue weighted by atomic mass is 35.5. The highest BCUT2D eigenvalue weighted by Gasteiger charge is 2.15.